The van der Waals surface area contributed by atoms with E-state index in [1.165, 1.54) is 22.3 Å². The summed E-state index contributed by atoms with van der Waals surface area (Å²) in [6, 6.07) is 6.41. The minimum atomic E-state index is -0.242. The van der Waals surface area contributed by atoms with E-state index in [0.29, 0.717) is 19.6 Å². The summed E-state index contributed by atoms with van der Waals surface area (Å²) in [6.45, 7) is 6.18. The van der Waals surface area contributed by atoms with Crippen LogP contribution < -0.4 is 4.90 Å². The van der Waals surface area contributed by atoms with Gasteiger partial charge in [-0.15, -0.1) is 0 Å². The third-order valence-electron chi connectivity index (χ3n) is 7.61. The Morgan fingerprint density at radius 2 is 2.06 bits per heavy atom. The van der Waals surface area contributed by atoms with E-state index in [2.05, 4.69) is 48.7 Å². The van der Waals surface area contributed by atoms with Gasteiger partial charge in [0.1, 0.15) is 4.88 Å². The van der Waals surface area contributed by atoms with E-state index < -0.39 is 0 Å². The smallest absolute Gasteiger partial charge is 0.266 e. The standard InChI is InChI=1S/C27H35N5O3S/c1-27(2)14-21-24(25(34)31(27)6)36-26(28-21)32-9-10-35-16-19(32)13-18-15-30(5)22-8-7-17(11-20(18)22)12-23(33)29(3)4/h7-8,11,15,19H,9-10,12-14,16H2,1-6H3/t19-/m0/s1. The number of likely N-dealkylation sites (N-methyl/N-ethyl adjacent to an activating group) is 2. The number of nitrogens with zero attached hydrogens (tertiary/aromatic N) is 5. The van der Waals surface area contributed by atoms with Crippen molar-refractivity contribution in [2.45, 2.75) is 44.7 Å². The summed E-state index contributed by atoms with van der Waals surface area (Å²) in [5.41, 5.74) is 4.06. The van der Waals surface area contributed by atoms with Crippen LogP contribution in [0.1, 0.15) is 40.3 Å². The van der Waals surface area contributed by atoms with E-state index in [0.717, 1.165) is 46.2 Å². The Labute approximate surface area is 216 Å². The van der Waals surface area contributed by atoms with Crippen molar-refractivity contribution in [2.24, 2.45) is 7.05 Å². The van der Waals surface area contributed by atoms with Gasteiger partial charge in [0, 0.05) is 63.8 Å². The number of hydrogen-bond acceptors (Lipinski definition) is 6. The fourth-order valence-corrected chi connectivity index (χ4v) is 6.32. The number of thiazole rings is 1. The monoisotopic (exact) mass is 509 g/mol. The van der Waals surface area contributed by atoms with Crippen LogP contribution in [0.25, 0.3) is 10.9 Å². The molecule has 2 amide bonds. The van der Waals surface area contributed by atoms with E-state index in [4.69, 9.17) is 9.72 Å². The van der Waals surface area contributed by atoms with Crippen molar-refractivity contribution >= 4 is 39.2 Å². The number of anilines is 1. The number of rotatable bonds is 5. The number of amides is 2. The van der Waals surface area contributed by atoms with Gasteiger partial charge in [0.2, 0.25) is 5.91 Å². The Kier molecular flexibility index (Phi) is 6.32. The minimum absolute atomic E-state index is 0.0589. The van der Waals surface area contributed by atoms with Gasteiger partial charge in [0.15, 0.2) is 5.13 Å². The number of hydrogen-bond donors (Lipinski definition) is 0. The largest absolute Gasteiger partial charge is 0.377 e. The van der Waals surface area contributed by atoms with Gasteiger partial charge in [-0.25, -0.2) is 4.98 Å². The van der Waals surface area contributed by atoms with Crippen molar-refractivity contribution < 1.29 is 14.3 Å². The van der Waals surface area contributed by atoms with Crippen molar-refractivity contribution in [3.8, 4) is 0 Å². The number of benzene rings is 1. The molecule has 2 aromatic heterocycles. The first-order chi connectivity index (χ1) is 17.0. The molecule has 2 aliphatic rings. The lowest BCUT2D eigenvalue weighted by molar-refractivity contribution is -0.127. The van der Waals surface area contributed by atoms with E-state index in [1.54, 1.807) is 19.0 Å². The van der Waals surface area contributed by atoms with E-state index in [1.807, 2.05) is 18.0 Å². The van der Waals surface area contributed by atoms with Crippen LogP contribution in [0.2, 0.25) is 0 Å². The molecule has 1 fully saturated rings. The van der Waals surface area contributed by atoms with Gasteiger partial charge in [-0.1, -0.05) is 17.4 Å². The van der Waals surface area contributed by atoms with Crippen LogP contribution in [-0.2, 0) is 35.8 Å². The second-order valence-electron chi connectivity index (χ2n) is 10.8. The summed E-state index contributed by atoms with van der Waals surface area (Å²) in [5, 5.41) is 2.08. The maximum Gasteiger partial charge on any atom is 0.266 e. The van der Waals surface area contributed by atoms with Crippen LogP contribution in [0.15, 0.2) is 24.4 Å². The maximum absolute atomic E-state index is 13.0. The first-order valence-corrected chi connectivity index (χ1v) is 13.3. The molecule has 0 aliphatic carbocycles. The molecule has 0 bridgehead atoms. The lowest BCUT2D eigenvalue weighted by Crippen LogP contribution is -2.50. The molecule has 5 rings (SSSR count). The highest BCUT2D eigenvalue weighted by Gasteiger charge is 2.39. The molecule has 3 aromatic rings. The first kappa shape index (κ1) is 24.8. The summed E-state index contributed by atoms with van der Waals surface area (Å²) < 4.78 is 8.05. The van der Waals surface area contributed by atoms with Crippen LogP contribution in [0.5, 0.6) is 0 Å². The van der Waals surface area contributed by atoms with E-state index in [-0.39, 0.29) is 23.4 Å². The Balaban J connectivity index is 1.44. The topological polar surface area (TPSA) is 70.9 Å². The number of carbonyl (C=O) groups excluding carboxylic acids is 2. The van der Waals surface area contributed by atoms with Gasteiger partial charge < -0.3 is 24.0 Å². The number of aryl methyl sites for hydroxylation is 1. The van der Waals surface area contributed by atoms with Crippen LogP contribution in [0, 0.1) is 0 Å². The average molecular weight is 510 g/mol. The molecule has 36 heavy (non-hydrogen) atoms. The SMILES string of the molecule is CN(C)C(=O)Cc1ccc2c(c1)c(C[C@H]1COCCN1c1nc3c(s1)C(=O)N(C)C(C)(C)C3)cn2C. The predicted molar refractivity (Wildman–Crippen MR) is 143 cm³/mol. The molecule has 0 saturated carbocycles. The fourth-order valence-electron chi connectivity index (χ4n) is 5.16. The van der Waals surface area contributed by atoms with Crippen LogP contribution in [-0.4, -0.2) is 83.6 Å². The molecule has 2 aliphatic heterocycles. The molecule has 4 heterocycles. The second kappa shape index (κ2) is 9.19. The molecule has 8 nitrogen and oxygen atoms in total. The molecular weight excluding hydrogens is 474 g/mol. The number of carbonyl (C=O) groups is 2. The number of aromatic nitrogens is 2. The third-order valence-corrected chi connectivity index (χ3v) is 8.74. The van der Waals surface area contributed by atoms with Gasteiger partial charge >= 0.3 is 0 Å². The average Bonchev–Trinajstić information content (AvgIpc) is 3.38. The summed E-state index contributed by atoms with van der Waals surface area (Å²) >= 11 is 1.51. The maximum atomic E-state index is 13.0. The highest BCUT2D eigenvalue weighted by molar-refractivity contribution is 7.17. The van der Waals surface area contributed by atoms with Crippen LogP contribution in [0.4, 0.5) is 5.13 Å². The normalized spacial score (nSPS) is 19.6. The van der Waals surface area contributed by atoms with Crippen LogP contribution >= 0.6 is 11.3 Å². The molecule has 0 spiro atoms. The minimum Gasteiger partial charge on any atom is -0.377 e. The molecule has 1 aromatic carbocycles. The van der Waals surface area contributed by atoms with Gasteiger partial charge in [-0.2, -0.15) is 0 Å². The van der Waals surface area contributed by atoms with E-state index >= 15 is 0 Å². The summed E-state index contributed by atoms with van der Waals surface area (Å²) in [4.78, 5) is 36.8. The molecular formula is C27H35N5O3S. The fraction of sp³-hybridized carbons (Fsp3) is 0.519. The Morgan fingerprint density at radius 3 is 2.81 bits per heavy atom. The van der Waals surface area contributed by atoms with Crippen molar-refractivity contribution in [3.63, 3.8) is 0 Å². The molecule has 192 valence electrons. The Bertz CT molecular complexity index is 1320. The molecule has 9 heteroatoms. The molecule has 1 saturated heterocycles. The Morgan fingerprint density at radius 1 is 1.28 bits per heavy atom. The first-order valence-electron chi connectivity index (χ1n) is 12.4. The van der Waals surface area contributed by atoms with Crippen LogP contribution in [0.3, 0.4) is 0 Å². The second-order valence-corrected chi connectivity index (χ2v) is 11.8. The van der Waals surface area contributed by atoms with Gasteiger partial charge in [0.05, 0.1) is 31.4 Å². The number of fused-ring (bicyclic) bond motifs is 2. The zero-order valence-electron chi connectivity index (χ0n) is 22.0. The highest BCUT2D eigenvalue weighted by atomic mass is 32.1. The van der Waals surface area contributed by atoms with Gasteiger partial charge in [0.25, 0.3) is 5.91 Å². The summed E-state index contributed by atoms with van der Waals surface area (Å²) in [5.74, 6) is 0.151. The van der Waals surface area contributed by atoms with Crippen molar-refractivity contribution in [2.75, 3.05) is 45.8 Å². The number of ether oxygens (including phenoxy) is 1. The zero-order chi connectivity index (χ0) is 25.8. The predicted octanol–water partition coefficient (Wildman–Crippen LogP) is 3.12. The quantitative estimate of drug-likeness (QED) is 0.529. The van der Waals surface area contributed by atoms with Crippen molar-refractivity contribution in [3.05, 3.63) is 46.1 Å². The molecule has 0 unspecified atom stereocenters. The highest BCUT2D eigenvalue weighted by Crippen LogP contribution is 2.37. The van der Waals surface area contributed by atoms with Crippen molar-refractivity contribution in [1.29, 1.82) is 0 Å². The molecule has 1 atom stereocenters. The summed E-state index contributed by atoms with van der Waals surface area (Å²) in [6.07, 6.45) is 4.13. The van der Waals surface area contributed by atoms with Crippen molar-refractivity contribution in [1.82, 2.24) is 19.4 Å². The Hall–Kier alpha value is -2.91. The van der Waals surface area contributed by atoms with Gasteiger partial charge in [-0.3, -0.25) is 9.59 Å². The molecule has 0 radical (unpaired) electrons. The summed E-state index contributed by atoms with van der Waals surface area (Å²) in [7, 11) is 7.51. The molecule has 0 N–H and O–H groups in total. The lowest BCUT2D eigenvalue weighted by Gasteiger charge is -2.38. The zero-order valence-corrected chi connectivity index (χ0v) is 22.8. The number of morpholine rings is 1. The lowest BCUT2D eigenvalue weighted by atomic mass is 9.92. The van der Waals surface area contributed by atoms with E-state index in [9.17, 15) is 9.59 Å². The van der Waals surface area contributed by atoms with Gasteiger partial charge in [-0.05, 0) is 43.5 Å². The third kappa shape index (κ3) is 4.39.